The SMILES string of the molecule is Cc1sc(C(C)(C)C)cc1B1OC(C)(C)C(C)(C)O1. The Morgan fingerprint density at radius 1 is 1.05 bits per heavy atom. The first-order valence-corrected chi connectivity index (χ1v) is 7.72. The van der Waals surface area contributed by atoms with Crippen LogP contribution < -0.4 is 5.46 Å². The van der Waals surface area contributed by atoms with Gasteiger partial charge in [0, 0.05) is 9.75 Å². The van der Waals surface area contributed by atoms with Gasteiger partial charge in [0.15, 0.2) is 0 Å². The Morgan fingerprint density at radius 2 is 1.53 bits per heavy atom. The zero-order chi connectivity index (χ0) is 14.6. The summed E-state index contributed by atoms with van der Waals surface area (Å²) < 4.78 is 12.3. The van der Waals surface area contributed by atoms with Crippen LogP contribution >= 0.6 is 11.3 Å². The molecule has 0 atom stereocenters. The van der Waals surface area contributed by atoms with E-state index in [2.05, 4.69) is 61.5 Å². The Labute approximate surface area is 121 Å². The molecule has 1 saturated heterocycles. The van der Waals surface area contributed by atoms with E-state index in [1.54, 1.807) is 0 Å². The molecule has 2 rings (SSSR count). The van der Waals surface area contributed by atoms with Gasteiger partial charge in [0.1, 0.15) is 0 Å². The minimum atomic E-state index is -0.270. The van der Waals surface area contributed by atoms with Crippen molar-refractivity contribution in [3.63, 3.8) is 0 Å². The minimum Gasteiger partial charge on any atom is -0.399 e. The van der Waals surface area contributed by atoms with Crippen molar-refractivity contribution < 1.29 is 9.31 Å². The van der Waals surface area contributed by atoms with E-state index in [0.29, 0.717) is 0 Å². The maximum atomic E-state index is 6.14. The zero-order valence-electron chi connectivity index (χ0n) is 13.4. The van der Waals surface area contributed by atoms with Crippen molar-refractivity contribution in [2.75, 3.05) is 0 Å². The Balaban J connectivity index is 2.33. The summed E-state index contributed by atoms with van der Waals surface area (Å²) in [6, 6.07) is 2.25. The molecular weight excluding hydrogens is 255 g/mol. The molecule has 106 valence electrons. The van der Waals surface area contributed by atoms with Crippen molar-refractivity contribution in [1.29, 1.82) is 0 Å². The maximum Gasteiger partial charge on any atom is 0.495 e. The second-order valence-corrected chi connectivity index (χ2v) is 8.72. The summed E-state index contributed by atoms with van der Waals surface area (Å²) in [6.45, 7) is 17.3. The predicted molar refractivity (Wildman–Crippen MR) is 83.5 cm³/mol. The average molecular weight is 280 g/mol. The van der Waals surface area contributed by atoms with E-state index >= 15 is 0 Å². The summed E-state index contributed by atoms with van der Waals surface area (Å²) in [4.78, 5) is 2.68. The van der Waals surface area contributed by atoms with Gasteiger partial charge in [-0.1, -0.05) is 20.8 Å². The van der Waals surface area contributed by atoms with E-state index in [4.69, 9.17) is 9.31 Å². The van der Waals surface area contributed by atoms with Crippen LogP contribution in [-0.2, 0) is 14.7 Å². The largest absolute Gasteiger partial charge is 0.495 e. The molecule has 2 nitrogen and oxygen atoms in total. The molecule has 1 fully saturated rings. The van der Waals surface area contributed by atoms with Gasteiger partial charge in [-0.15, -0.1) is 11.3 Å². The Bertz CT molecular complexity index is 467. The fraction of sp³-hybridized carbons (Fsp3) is 0.733. The lowest BCUT2D eigenvalue weighted by Gasteiger charge is -2.32. The molecule has 0 N–H and O–H groups in total. The average Bonchev–Trinajstić information content (AvgIpc) is 2.65. The summed E-state index contributed by atoms with van der Waals surface area (Å²) >= 11 is 1.85. The molecule has 4 heteroatoms. The van der Waals surface area contributed by atoms with E-state index in [1.807, 2.05) is 11.3 Å². The highest BCUT2D eigenvalue weighted by Gasteiger charge is 2.52. The van der Waals surface area contributed by atoms with Crippen LogP contribution in [-0.4, -0.2) is 18.3 Å². The van der Waals surface area contributed by atoms with Crippen LogP contribution in [0.2, 0.25) is 0 Å². The van der Waals surface area contributed by atoms with Crippen molar-refractivity contribution in [3.05, 3.63) is 15.8 Å². The lowest BCUT2D eigenvalue weighted by molar-refractivity contribution is 0.00578. The van der Waals surface area contributed by atoms with Crippen molar-refractivity contribution >= 4 is 23.9 Å². The second kappa shape index (κ2) is 4.34. The van der Waals surface area contributed by atoms with Gasteiger partial charge >= 0.3 is 7.12 Å². The molecule has 1 aromatic rings. The van der Waals surface area contributed by atoms with Gasteiger partial charge in [0.05, 0.1) is 11.2 Å². The first-order chi connectivity index (χ1) is 8.44. The fourth-order valence-corrected chi connectivity index (χ4v) is 3.16. The van der Waals surface area contributed by atoms with E-state index in [1.165, 1.54) is 15.2 Å². The summed E-state index contributed by atoms with van der Waals surface area (Å²) in [5.74, 6) is 0. The Kier molecular flexibility index (Phi) is 3.44. The molecule has 0 spiro atoms. The highest BCUT2D eigenvalue weighted by molar-refractivity contribution is 7.13. The summed E-state index contributed by atoms with van der Waals surface area (Å²) in [6.07, 6.45) is 0. The highest BCUT2D eigenvalue weighted by Crippen LogP contribution is 2.38. The molecule has 0 amide bonds. The molecule has 2 heterocycles. The van der Waals surface area contributed by atoms with E-state index in [9.17, 15) is 0 Å². The van der Waals surface area contributed by atoms with Gasteiger partial charge in [0.25, 0.3) is 0 Å². The molecule has 1 aliphatic rings. The van der Waals surface area contributed by atoms with Crippen LogP contribution in [0.3, 0.4) is 0 Å². The zero-order valence-corrected chi connectivity index (χ0v) is 14.2. The van der Waals surface area contributed by atoms with Gasteiger partial charge in [-0.25, -0.2) is 0 Å². The number of rotatable bonds is 1. The monoisotopic (exact) mass is 280 g/mol. The molecule has 0 unspecified atom stereocenters. The number of thiophene rings is 1. The van der Waals surface area contributed by atoms with Crippen molar-refractivity contribution in [3.8, 4) is 0 Å². The molecule has 0 aromatic carbocycles. The van der Waals surface area contributed by atoms with E-state index in [-0.39, 0.29) is 23.7 Å². The van der Waals surface area contributed by atoms with Crippen LogP contribution in [0.25, 0.3) is 0 Å². The highest BCUT2D eigenvalue weighted by atomic mass is 32.1. The second-order valence-electron chi connectivity index (χ2n) is 7.46. The van der Waals surface area contributed by atoms with Crippen LogP contribution in [0.4, 0.5) is 0 Å². The molecule has 0 aliphatic carbocycles. The first kappa shape index (κ1) is 15.1. The normalized spacial score (nSPS) is 22.0. The third-order valence-corrected chi connectivity index (χ3v) is 5.69. The molecule has 1 aromatic heterocycles. The van der Waals surface area contributed by atoms with Crippen molar-refractivity contribution in [2.45, 2.75) is 72.0 Å². The lowest BCUT2D eigenvalue weighted by Crippen LogP contribution is -2.41. The molecule has 0 bridgehead atoms. The predicted octanol–water partition coefficient (Wildman–Crippen LogP) is 3.65. The Hall–Kier alpha value is -0.315. The molecule has 19 heavy (non-hydrogen) atoms. The number of aryl methyl sites for hydroxylation is 1. The third-order valence-electron chi connectivity index (χ3n) is 4.20. The summed E-state index contributed by atoms with van der Waals surface area (Å²) in [5.41, 5.74) is 0.827. The first-order valence-electron chi connectivity index (χ1n) is 6.90. The lowest BCUT2D eigenvalue weighted by atomic mass is 9.78. The number of hydrogen-bond acceptors (Lipinski definition) is 3. The van der Waals surface area contributed by atoms with Crippen LogP contribution in [0.15, 0.2) is 6.07 Å². The van der Waals surface area contributed by atoms with Crippen LogP contribution in [0, 0.1) is 6.92 Å². The van der Waals surface area contributed by atoms with Gasteiger partial charge in [-0.2, -0.15) is 0 Å². The standard InChI is InChI=1S/C15H25BO2S/c1-10-11(9-12(19-10)13(2,3)4)16-17-14(5,6)15(7,8)18-16/h9H,1-8H3. The summed E-state index contributed by atoms with van der Waals surface area (Å²) in [5, 5.41) is 0. The van der Waals surface area contributed by atoms with E-state index in [0.717, 1.165) is 0 Å². The quantitative estimate of drug-likeness (QED) is 0.731. The molecular formula is C15H25BO2S. The molecule has 0 saturated carbocycles. The van der Waals surface area contributed by atoms with Gasteiger partial charge in [-0.05, 0) is 51.6 Å². The van der Waals surface area contributed by atoms with Crippen molar-refractivity contribution in [1.82, 2.24) is 0 Å². The summed E-state index contributed by atoms with van der Waals surface area (Å²) in [7, 11) is -0.239. The molecule has 1 aliphatic heterocycles. The topological polar surface area (TPSA) is 18.5 Å². The molecule has 0 radical (unpaired) electrons. The third kappa shape index (κ3) is 2.63. The Morgan fingerprint density at radius 3 is 1.89 bits per heavy atom. The minimum absolute atomic E-state index is 0.178. The van der Waals surface area contributed by atoms with E-state index < -0.39 is 0 Å². The maximum absolute atomic E-state index is 6.14. The van der Waals surface area contributed by atoms with Gasteiger partial charge in [-0.3, -0.25) is 0 Å². The van der Waals surface area contributed by atoms with Crippen LogP contribution in [0.5, 0.6) is 0 Å². The van der Waals surface area contributed by atoms with Crippen LogP contribution in [0.1, 0.15) is 58.2 Å². The fourth-order valence-electron chi connectivity index (χ4n) is 2.07. The van der Waals surface area contributed by atoms with Gasteiger partial charge in [0.2, 0.25) is 0 Å². The van der Waals surface area contributed by atoms with Gasteiger partial charge < -0.3 is 9.31 Å². The van der Waals surface area contributed by atoms with Crippen molar-refractivity contribution in [2.24, 2.45) is 0 Å². The smallest absolute Gasteiger partial charge is 0.399 e. The number of hydrogen-bond donors (Lipinski definition) is 0.